The van der Waals surface area contributed by atoms with Crippen LogP contribution in [0, 0.1) is 0 Å². The van der Waals surface area contributed by atoms with Gasteiger partial charge in [0.2, 0.25) is 0 Å². The predicted octanol–water partition coefficient (Wildman–Crippen LogP) is 1.10. The molecule has 0 aliphatic carbocycles. The van der Waals surface area contributed by atoms with Crippen molar-refractivity contribution in [2.75, 3.05) is 7.05 Å². The first-order valence-electron chi connectivity index (χ1n) is 4.96. The van der Waals surface area contributed by atoms with Crippen molar-refractivity contribution >= 4 is 5.70 Å². The van der Waals surface area contributed by atoms with Crippen LogP contribution in [0.5, 0.6) is 5.75 Å². The highest BCUT2D eigenvalue weighted by atomic mass is 16.3. The molecule has 4 heteroatoms. The second kappa shape index (κ2) is 5.11. The lowest BCUT2D eigenvalue weighted by molar-refractivity contribution is 0.473. The molecule has 0 unspecified atom stereocenters. The van der Waals surface area contributed by atoms with Crippen LogP contribution in [0.2, 0.25) is 0 Å². The highest BCUT2D eigenvalue weighted by Gasteiger charge is 2.03. The second-order valence-electron chi connectivity index (χ2n) is 3.46. The number of para-hydroxylation sites is 1. The van der Waals surface area contributed by atoms with E-state index in [9.17, 15) is 5.11 Å². The van der Waals surface area contributed by atoms with Crippen LogP contribution in [0.3, 0.4) is 0 Å². The number of phenols is 1. The zero-order valence-corrected chi connectivity index (χ0v) is 9.49. The Balaban J connectivity index is 3.08. The van der Waals surface area contributed by atoms with E-state index in [1.165, 1.54) is 0 Å². The number of aromatic hydroxyl groups is 1. The monoisotopic (exact) mass is 219 g/mol. The number of hydrogen-bond acceptors (Lipinski definition) is 4. The normalized spacial score (nSPS) is 13.2. The summed E-state index contributed by atoms with van der Waals surface area (Å²) in [6.07, 6.45) is 1.72. The summed E-state index contributed by atoms with van der Waals surface area (Å²) in [6, 6.07) is 6.91. The molecule has 0 atom stereocenters. The molecule has 0 radical (unpaired) electrons. The topological polar surface area (TPSA) is 84.3 Å². The molecule has 0 aliphatic heterocycles. The molecular formula is C12H17N3O. The molecule has 0 spiro atoms. The Labute approximate surface area is 95.3 Å². The summed E-state index contributed by atoms with van der Waals surface area (Å²) in [5, 5.41) is 12.4. The van der Waals surface area contributed by atoms with E-state index in [0.717, 1.165) is 5.57 Å². The lowest BCUT2D eigenvalue weighted by Gasteiger charge is -2.06. The second-order valence-corrected chi connectivity index (χ2v) is 3.46. The minimum absolute atomic E-state index is 0.159. The molecule has 1 aromatic rings. The maximum atomic E-state index is 9.61. The van der Waals surface area contributed by atoms with Crippen LogP contribution < -0.4 is 16.8 Å². The van der Waals surface area contributed by atoms with Gasteiger partial charge < -0.3 is 21.9 Å². The molecule has 86 valence electrons. The Bertz CT molecular complexity index is 436. The third-order valence-electron chi connectivity index (χ3n) is 2.28. The molecule has 0 saturated heterocycles. The van der Waals surface area contributed by atoms with Crippen LogP contribution in [0.25, 0.3) is 5.70 Å². The van der Waals surface area contributed by atoms with Crippen molar-refractivity contribution in [3.63, 3.8) is 0 Å². The van der Waals surface area contributed by atoms with E-state index in [4.69, 9.17) is 11.5 Å². The highest BCUT2D eigenvalue weighted by Crippen LogP contribution is 2.22. The van der Waals surface area contributed by atoms with Crippen molar-refractivity contribution in [1.82, 2.24) is 5.32 Å². The van der Waals surface area contributed by atoms with E-state index in [2.05, 4.69) is 5.32 Å². The summed E-state index contributed by atoms with van der Waals surface area (Å²) in [5.41, 5.74) is 13.5. The van der Waals surface area contributed by atoms with Gasteiger partial charge in [-0.3, -0.25) is 0 Å². The van der Waals surface area contributed by atoms with Gasteiger partial charge in [0.05, 0.1) is 5.82 Å². The number of nitrogens with two attached hydrogens (primary N) is 2. The van der Waals surface area contributed by atoms with Gasteiger partial charge in [-0.05, 0) is 30.7 Å². The Hall–Kier alpha value is -2.10. The minimum Gasteiger partial charge on any atom is -0.507 e. The smallest absolute Gasteiger partial charge is 0.124 e. The van der Waals surface area contributed by atoms with Gasteiger partial charge in [0.25, 0.3) is 0 Å². The Morgan fingerprint density at radius 1 is 1.31 bits per heavy atom. The standard InChI is InChI=1S/C12H17N3O/c1-8(12(14)15-2)7-10(13)9-5-3-4-6-11(9)16/h3-7,15-16H,13-14H2,1-2H3/b10-7-,12-8+. The van der Waals surface area contributed by atoms with Gasteiger partial charge in [-0.25, -0.2) is 0 Å². The lowest BCUT2D eigenvalue weighted by atomic mass is 10.1. The number of hydrogen-bond donors (Lipinski definition) is 4. The number of rotatable bonds is 3. The molecule has 16 heavy (non-hydrogen) atoms. The summed E-state index contributed by atoms with van der Waals surface area (Å²) in [4.78, 5) is 0. The summed E-state index contributed by atoms with van der Waals surface area (Å²) in [5.74, 6) is 0.713. The first-order valence-corrected chi connectivity index (χ1v) is 4.96. The van der Waals surface area contributed by atoms with Gasteiger partial charge in [0.1, 0.15) is 5.75 Å². The van der Waals surface area contributed by atoms with Crippen molar-refractivity contribution in [3.05, 3.63) is 47.3 Å². The summed E-state index contributed by atoms with van der Waals surface area (Å²) >= 11 is 0. The number of nitrogens with one attached hydrogen (secondary N) is 1. The summed E-state index contributed by atoms with van der Waals surface area (Å²) in [6.45, 7) is 1.85. The molecular weight excluding hydrogens is 202 g/mol. The molecule has 0 aliphatic rings. The molecule has 0 bridgehead atoms. The molecule has 6 N–H and O–H groups in total. The highest BCUT2D eigenvalue weighted by molar-refractivity contribution is 5.69. The van der Waals surface area contributed by atoms with Gasteiger partial charge >= 0.3 is 0 Å². The first kappa shape index (κ1) is 12.0. The molecule has 0 aromatic heterocycles. The van der Waals surface area contributed by atoms with Crippen molar-refractivity contribution in [2.24, 2.45) is 11.5 Å². The molecule has 4 nitrogen and oxygen atoms in total. The van der Waals surface area contributed by atoms with E-state index >= 15 is 0 Å². The van der Waals surface area contributed by atoms with Gasteiger partial charge in [-0.2, -0.15) is 0 Å². The zero-order chi connectivity index (χ0) is 12.1. The van der Waals surface area contributed by atoms with E-state index in [1.807, 2.05) is 13.0 Å². The van der Waals surface area contributed by atoms with Crippen LogP contribution in [0.1, 0.15) is 12.5 Å². The fraction of sp³-hybridized carbons (Fsp3) is 0.167. The van der Waals surface area contributed by atoms with E-state index in [-0.39, 0.29) is 5.75 Å². The van der Waals surface area contributed by atoms with Gasteiger partial charge in [0.15, 0.2) is 0 Å². The van der Waals surface area contributed by atoms with Crippen molar-refractivity contribution < 1.29 is 5.11 Å². The van der Waals surface area contributed by atoms with Gasteiger partial charge in [-0.1, -0.05) is 12.1 Å². The Morgan fingerprint density at radius 3 is 2.50 bits per heavy atom. The average molecular weight is 219 g/mol. The third kappa shape index (κ3) is 2.70. The van der Waals surface area contributed by atoms with Crippen LogP contribution in [-0.4, -0.2) is 12.2 Å². The van der Waals surface area contributed by atoms with Crippen LogP contribution in [0.15, 0.2) is 41.7 Å². The number of allylic oxidation sites excluding steroid dienone is 2. The fourth-order valence-electron chi connectivity index (χ4n) is 1.30. The largest absolute Gasteiger partial charge is 0.507 e. The molecule has 0 heterocycles. The van der Waals surface area contributed by atoms with Crippen molar-refractivity contribution in [2.45, 2.75) is 6.92 Å². The summed E-state index contributed by atoms with van der Waals surface area (Å²) < 4.78 is 0. The van der Waals surface area contributed by atoms with Crippen LogP contribution >= 0.6 is 0 Å². The van der Waals surface area contributed by atoms with Crippen molar-refractivity contribution in [1.29, 1.82) is 0 Å². The fourth-order valence-corrected chi connectivity index (χ4v) is 1.30. The quantitative estimate of drug-likeness (QED) is 0.574. The molecule has 1 rings (SSSR count). The molecule has 0 amide bonds. The number of benzene rings is 1. The minimum atomic E-state index is 0.159. The Morgan fingerprint density at radius 2 is 1.94 bits per heavy atom. The van der Waals surface area contributed by atoms with Crippen molar-refractivity contribution in [3.8, 4) is 5.75 Å². The van der Waals surface area contributed by atoms with E-state index < -0.39 is 0 Å². The van der Waals surface area contributed by atoms with Crippen LogP contribution in [0.4, 0.5) is 0 Å². The summed E-state index contributed by atoms with van der Waals surface area (Å²) in [7, 11) is 1.74. The first-order chi connectivity index (χ1) is 7.56. The maximum Gasteiger partial charge on any atom is 0.124 e. The van der Waals surface area contributed by atoms with E-state index in [0.29, 0.717) is 17.1 Å². The van der Waals surface area contributed by atoms with Crippen LogP contribution in [-0.2, 0) is 0 Å². The molecule has 0 saturated carbocycles. The average Bonchev–Trinajstić information content (AvgIpc) is 2.28. The lowest BCUT2D eigenvalue weighted by Crippen LogP contribution is -2.16. The zero-order valence-electron chi connectivity index (χ0n) is 9.49. The maximum absolute atomic E-state index is 9.61. The SMILES string of the molecule is CN/C(N)=C(C)/C=C(\N)c1ccccc1O. The van der Waals surface area contributed by atoms with Gasteiger partial charge in [0, 0.05) is 18.3 Å². The Kier molecular flexibility index (Phi) is 3.83. The molecule has 1 aromatic carbocycles. The van der Waals surface area contributed by atoms with E-state index in [1.54, 1.807) is 31.3 Å². The molecule has 0 fully saturated rings. The third-order valence-corrected chi connectivity index (χ3v) is 2.28. The van der Waals surface area contributed by atoms with Gasteiger partial charge in [-0.15, -0.1) is 0 Å². The number of phenolic OH excluding ortho intramolecular Hbond substituents is 1. The predicted molar refractivity (Wildman–Crippen MR) is 66.2 cm³/mol.